The van der Waals surface area contributed by atoms with Gasteiger partial charge in [-0.15, -0.1) is 6.42 Å². The van der Waals surface area contributed by atoms with Crippen LogP contribution in [0.3, 0.4) is 0 Å². The summed E-state index contributed by atoms with van der Waals surface area (Å²) in [5.41, 5.74) is 1.77. The van der Waals surface area contributed by atoms with E-state index in [1.54, 1.807) is 5.20 Å². The molecular weight excluding hydrogens is 399 g/mol. The van der Waals surface area contributed by atoms with Crippen molar-refractivity contribution >= 4 is 13.3 Å². The van der Waals surface area contributed by atoms with Crippen molar-refractivity contribution < 1.29 is 58.9 Å². The average molecular weight is 424 g/mol. The molecule has 23 heavy (non-hydrogen) atoms. The van der Waals surface area contributed by atoms with Crippen LogP contribution in [0.5, 0.6) is 0 Å². The summed E-state index contributed by atoms with van der Waals surface area (Å²) in [5, 5.41) is 3.09. The van der Waals surface area contributed by atoms with Gasteiger partial charge in [-0.05, 0) is 0 Å². The van der Waals surface area contributed by atoms with Crippen LogP contribution in [0, 0.1) is 11.5 Å². The summed E-state index contributed by atoms with van der Waals surface area (Å²) < 4.78 is 0. The van der Waals surface area contributed by atoms with E-state index in [0.29, 0.717) is 0 Å². The number of allylic oxidation sites excluding steroid dienone is 4. The van der Waals surface area contributed by atoms with E-state index >= 15 is 0 Å². The quantitative estimate of drug-likeness (QED) is 0.341. The number of benzene rings is 1. The summed E-state index contributed by atoms with van der Waals surface area (Å²) in [4.78, 5) is 0. The Morgan fingerprint density at radius 1 is 1.04 bits per heavy atom. The van der Waals surface area contributed by atoms with Gasteiger partial charge in [0.15, 0.2) is 0 Å². The molecule has 0 bridgehead atoms. The molecule has 2 rings (SSSR count). The summed E-state index contributed by atoms with van der Waals surface area (Å²) >= 11 is 0. The van der Waals surface area contributed by atoms with E-state index in [4.69, 9.17) is 0 Å². The Kier molecular flexibility index (Phi) is 13.8. The molecule has 0 nitrogen and oxygen atoms in total. The van der Waals surface area contributed by atoms with Gasteiger partial charge in [0, 0.05) is 0 Å². The van der Waals surface area contributed by atoms with Crippen LogP contribution < -0.4 is 42.4 Å². The molecule has 1 aliphatic rings. The van der Waals surface area contributed by atoms with Crippen molar-refractivity contribution in [3.8, 4) is 0 Å². The van der Waals surface area contributed by atoms with Gasteiger partial charge < -0.3 is 37.2 Å². The van der Waals surface area contributed by atoms with Crippen molar-refractivity contribution in [3.05, 3.63) is 53.3 Å². The SMILES string of the molecule is CC[Si](C)(C1=[C-]CC=C1C(C)(C)C)c1ccccc1.[Cl-].[Cl-].[Cl-].[Ti+4]. The number of hydrogen-bond acceptors (Lipinski definition) is 0. The number of halogens is 3. The first-order valence-electron chi connectivity index (χ1n) is 7.27. The molecule has 0 spiro atoms. The van der Waals surface area contributed by atoms with Gasteiger partial charge in [-0.3, -0.25) is 6.08 Å². The minimum absolute atomic E-state index is 0. The summed E-state index contributed by atoms with van der Waals surface area (Å²) in [6.45, 7) is 11.8. The van der Waals surface area contributed by atoms with Gasteiger partial charge in [0.2, 0.25) is 0 Å². The van der Waals surface area contributed by atoms with Crippen LogP contribution in [0.2, 0.25) is 12.6 Å². The Balaban J connectivity index is -0.000001000. The molecule has 1 unspecified atom stereocenters. The fraction of sp³-hybridized carbons (Fsp3) is 0.444. The van der Waals surface area contributed by atoms with Crippen molar-refractivity contribution in [1.29, 1.82) is 0 Å². The van der Waals surface area contributed by atoms with Gasteiger partial charge in [-0.1, -0.05) is 81.2 Å². The summed E-state index contributed by atoms with van der Waals surface area (Å²) in [5.74, 6) is 0. The van der Waals surface area contributed by atoms with Crippen molar-refractivity contribution in [2.45, 2.75) is 46.7 Å². The summed E-state index contributed by atoms with van der Waals surface area (Å²) in [6.07, 6.45) is 7.07. The van der Waals surface area contributed by atoms with Crippen molar-refractivity contribution in [2.24, 2.45) is 5.41 Å². The van der Waals surface area contributed by atoms with Crippen LogP contribution in [0.4, 0.5) is 0 Å². The second-order valence-corrected chi connectivity index (χ2v) is 11.1. The minimum Gasteiger partial charge on any atom is -1.00 e. The summed E-state index contributed by atoms with van der Waals surface area (Å²) in [7, 11) is -1.60. The van der Waals surface area contributed by atoms with E-state index < -0.39 is 8.07 Å². The second-order valence-electron chi connectivity index (χ2n) is 6.68. The number of rotatable bonds is 3. The average Bonchev–Trinajstić information content (AvgIpc) is 2.88. The molecule has 1 aliphatic carbocycles. The van der Waals surface area contributed by atoms with E-state index in [1.165, 1.54) is 16.8 Å². The molecule has 0 amide bonds. The molecule has 0 N–H and O–H groups in total. The molecule has 126 valence electrons. The van der Waals surface area contributed by atoms with Gasteiger partial charge in [0.05, 0.1) is 8.07 Å². The molecule has 1 atom stereocenters. The molecule has 5 heteroatoms. The minimum atomic E-state index is -1.60. The molecule has 1 aromatic carbocycles. The van der Waals surface area contributed by atoms with Gasteiger partial charge >= 0.3 is 21.7 Å². The molecule has 1 aromatic rings. The third-order valence-electron chi connectivity index (χ3n) is 4.33. The normalized spacial score (nSPS) is 15.5. The molecule has 0 aliphatic heterocycles. The first-order valence-corrected chi connectivity index (χ1v) is 9.98. The van der Waals surface area contributed by atoms with Crippen LogP contribution in [0.1, 0.15) is 34.1 Å². The zero-order valence-electron chi connectivity index (χ0n) is 14.5. The van der Waals surface area contributed by atoms with Crippen LogP contribution in [-0.2, 0) is 21.7 Å². The Morgan fingerprint density at radius 3 is 2.00 bits per heavy atom. The Morgan fingerprint density at radius 2 is 1.57 bits per heavy atom. The molecule has 0 saturated carbocycles. The second kappa shape index (κ2) is 11.2. The Hall–Kier alpha value is 0.501. The van der Waals surface area contributed by atoms with Crippen LogP contribution in [-0.4, -0.2) is 8.07 Å². The molecular formula is C18H25Cl3SiTi. The molecule has 0 radical (unpaired) electrons. The zero-order valence-corrected chi connectivity index (χ0v) is 19.3. The predicted octanol–water partition coefficient (Wildman–Crippen LogP) is -4.35. The summed E-state index contributed by atoms with van der Waals surface area (Å²) in [6, 6.07) is 12.3. The fourth-order valence-electron chi connectivity index (χ4n) is 2.96. The van der Waals surface area contributed by atoms with Crippen molar-refractivity contribution in [3.63, 3.8) is 0 Å². The van der Waals surface area contributed by atoms with Gasteiger partial charge in [0.25, 0.3) is 0 Å². The third kappa shape index (κ3) is 6.06. The maximum absolute atomic E-state index is 3.69. The van der Waals surface area contributed by atoms with Gasteiger partial charge in [-0.2, -0.15) is 11.6 Å². The Labute approximate surface area is 176 Å². The topological polar surface area (TPSA) is 0 Å². The first-order chi connectivity index (χ1) is 8.89. The number of hydrogen-bond donors (Lipinski definition) is 0. The van der Waals surface area contributed by atoms with Crippen LogP contribution in [0.15, 0.2) is 47.2 Å². The Bertz CT molecular complexity index is 521. The van der Waals surface area contributed by atoms with E-state index in [2.05, 4.69) is 76.7 Å². The largest absolute Gasteiger partial charge is 4.00 e. The maximum atomic E-state index is 3.69. The van der Waals surface area contributed by atoms with E-state index in [9.17, 15) is 0 Å². The van der Waals surface area contributed by atoms with Gasteiger partial charge in [-0.25, -0.2) is 5.20 Å². The molecule has 0 saturated heterocycles. The van der Waals surface area contributed by atoms with Gasteiger partial charge in [0.1, 0.15) is 0 Å². The molecule has 0 aromatic heterocycles. The van der Waals surface area contributed by atoms with Crippen molar-refractivity contribution in [2.75, 3.05) is 0 Å². The van der Waals surface area contributed by atoms with E-state index in [-0.39, 0.29) is 64.4 Å². The van der Waals surface area contributed by atoms with Crippen LogP contribution in [0.25, 0.3) is 0 Å². The van der Waals surface area contributed by atoms with Crippen molar-refractivity contribution in [1.82, 2.24) is 0 Å². The maximum Gasteiger partial charge on any atom is 4.00 e. The molecule has 0 heterocycles. The monoisotopic (exact) mass is 422 g/mol. The molecule has 0 fully saturated rings. The standard InChI is InChI=1S/C18H25Si.3ClH.Ti/c1-6-19(5,15-11-8-7-9-12-15)17-14-10-13-16(17)18(2,3)4;;;;/h7-9,11-13H,6,10H2,1-5H3;3*1H;/q-1;;;;+4/p-3. The predicted molar refractivity (Wildman–Crippen MR) is 87.1 cm³/mol. The zero-order chi connectivity index (χ0) is 14.1. The van der Waals surface area contributed by atoms with E-state index in [0.717, 1.165) is 6.42 Å². The van der Waals surface area contributed by atoms with Crippen LogP contribution >= 0.6 is 0 Å². The first kappa shape index (κ1) is 28.3. The third-order valence-corrected chi connectivity index (χ3v) is 8.90. The smallest absolute Gasteiger partial charge is 1.00 e. The van der Waals surface area contributed by atoms with E-state index in [1.807, 2.05) is 0 Å². The fourth-order valence-corrected chi connectivity index (χ4v) is 6.50.